The molecule has 6 heteroatoms. The summed E-state index contributed by atoms with van der Waals surface area (Å²) in [6.07, 6.45) is 1.81. The lowest BCUT2D eigenvalue weighted by molar-refractivity contribution is -0.384. The van der Waals surface area contributed by atoms with E-state index in [9.17, 15) is 14.9 Å². The molecular weight excluding hydrogens is 258 g/mol. The number of carbonyl (C=O) groups is 1. The van der Waals surface area contributed by atoms with E-state index in [0.717, 1.165) is 18.6 Å². The third-order valence-corrected chi connectivity index (χ3v) is 2.75. The lowest BCUT2D eigenvalue weighted by atomic mass is 10.1. The molecule has 1 N–H and O–H groups in total. The summed E-state index contributed by atoms with van der Waals surface area (Å²) in [5.41, 5.74) is 3.36. The lowest BCUT2D eigenvalue weighted by Gasteiger charge is -2.05. The van der Waals surface area contributed by atoms with Crippen LogP contribution in [-0.2, 0) is 0 Å². The number of non-ortho nitro benzene ring substituents is 1. The highest BCUT2D eigenvalue weighted by molar-refractivity contribution is 5.95. The maximum atomic E-state index is 11.8. The van der Waals surface area contributed by atoms with Gasteiger partial charge in [-0.1, -0.05) is 19.9 Å². The van der Waals surface area contributed by atoms with Gasteiger partial charge in [0.25, 0.3) is 11.6 Å². The van der Waals surface area contributed by atoms with E-state index in [0.29, 0.717) is 5.92 Å². The van der Waals surface area contributed by atoms with Crippen LogP contribution in [0.1, 0.15) is 44.0 Å². The molecule has 1 aromatic rings. The van der Waals surface area contributed by atoms with E-state index in [2.05, 4.69) is 24.4 Å². The summed E-state index contributed by atoms with van der Waals surface area (Å²) in [4.78, 5) is 21.9. The lowest BCUT2D eigenvalue weighted by Crippen LogP contribution is -2.19. The van der Waals surface area contributed by atoms with E-state index in [1.165, 1.54) is 24.3 Å². The molecule has 0 radical (unpaired) electrons. The largest absolute Gasteiger partial charge is 0.271 e. The van der Waals surface area contributed by atoms with Crippen molar-refractivity contribution in [3.63, 3.8) is 0 Å². The molecule has 0 atom stereocenters. The summed E-state index contributed by atoms with van der Waals surface area (Å²) < 4.78 is 0. The monoisotopic (exact) mass is 277 g/mol. The minimum Gasteiger partial charge on any atom is -0.267 e. The van der Waals surface area contributed by atoms with Crippen LogP contribution in [-0.4, -0.2) is 16.5 Å². The third kappa shape index (κ3) is 5.17. The predicted octanol–water partition coefficient (Wildman–Crippen LogP) is 3.14. The second kappa shape index (κ2) is 7.37. The van der Waals surface area contributed by atoms with Gasteiger partial charge in [0.2, 0.25) is 0 Å². The van der Waals surface area contributed by atoms with Gasteiger partial charge in [-0.15, -0.1) is 0 Å². The number of hydrogen-bond donors (Lipinski definition) is 1. The van der Waals surface area contributed by atoms with Gasteiger partial charge in [0.05, 0.1) is 4.92 Å². The first kappa shape index (κ1) is 15.8. The number of nitro benzene ring substituents is 1. The molecule has 0 saturated heterocycles. The maximum Gasteiger partial charge on any atom is 0.271 e. The molecule has 0 aromatic heterocycles. The molecule has 0 heterocycles. The molecule has 0 aliphatic rings. The van der Waals surface area contributed by atoms with Crippen molar-refractivity contribution in [2.75, 3.05) is 0 Å². The van der Waals surface area contributed by atoms with Gasteiger partial charge in [-0.3, -0.25) is 14.9 Å². The van der Waals surface area contributed by atoms with Gasteiger partial charge in [0.15, 0.2) is 0 Å². The van der Waals surface area contributed by atoms with Crippen molar-refractivity contribution < 1.29 is 9.72 Å². The van der Waals surface area contributed by atoms with Crippen LogP contribution in [0.3, 0.4) is 0 Å². The second-order valence-corrected chi connectivity index (χ2v) is 5.03. The van der Waals surface area contributed by atoms with E-state index in [1.54, 1.807) is 0 Å². The van der Waals surface area contributed by atoms with Gasteiger partial charge in [-0.2, -0.15) is 5.10 Å². The zero-order valence-electron chi connectivity index (χ0n) is 11.9. The SMILES string of the molecule is CC(CCC(C)C)=NNC(=O)c1cccc([N+](=O)[O-])c1. The van der Waals surface area contributed by atoms with Crippen LogP contribution in [0.2, 0.25) is 0 Å². The van der Waals surface area contributed by atoms with Crippen molar-refractivity contribution in [2.24, 2.45) is 11.0 Å². The highest BCUT2D eigenvalue weighted by Gasteiger charge is 2.10. The minimum absolute atomic E-state index is 0.113. The smallest absolute Gasteiger partial charge is 0.267 e. The van der Waals surface area contributed by atoms with Crippen LogP contribution in [0.25, 0.3) is 0 Å². The van der Waals surface area contributed by atoms with Crippen molar-refractivity contribution >= 4 is 17.3 Å². The van der Waals surface area contributed by atoms with Crippen LogP contribution < -0.4 is 5.43 Å². The molecule has 20 heavy (non-hydrogen) atoms. The molecule has 0 unspecified atom stereocenters. The highest BCUT2D eigenvalue weighted by Crippen LogP contribution is 2.13. The third-order valence-electron chi connectivity index (χ3n) is 2.75. The molecule has 6 nitrogen and oxygen atoms in total. The number of benzene rings is 1. The quantitative estimate of drug-likeness (QED) is 0.492. The number of hydrogen-bond acceptors (Lipinski definition) is 4. The number of nitro groups is 1. The van der Waals surface area contributed by atoms with Gasteiger partial charge < -0.3 is 0 Å². The van der Waals surface area contributed by atoms with Crippen LogP contribution in [0, 0.1) is 16.0 Å². The average Bonchev–Trinajstić information content (AvgIpc) is 2.42. The Morgan fingerprint density at radius 3 is 2.75 bits per heavy atom. The molecule has 0 bridgehead atoms. The van der Waals surface area contributed by atoms with Gasteiger partial charge in [0, 0.05) is 23.4 Å². The fraction of sp³-hybridized carbons (Fsp3) is 0.429. The van der Waals surface area contributed by atoms with E-state index in [4.69, 9.17) is 0 Å². The first-order valence-corrected chi connectivity index (χ1v) is 6.48. The fourth-order valence-electron chi connectivity index (χ4n) is 1.52. The number of rotatable bonds is 6. The molecule has 1 rings (SSSR count). The van der Waals surface area contributed by atoms with Crippen molar-refractivity contribution in [1.29, 1.82) is 0 Å². The number of amides is 1. The van der Waals surface area contributed by atoms with E-state index in [1.807, 2.05) is 6.92 Å². The molecule has 1 amide bonds. The van der Waals surface area contributed by atoms with Crippen molar-refractivity contribution in [1.82, 2.24) is 5.43 Å². The van der Waals surface area contributed by atoms with Gasteiger partial charge >= 0.3 is 0 Å². The Morgan fingerprint density at radius 1 is 1.45 bits per heavy atom. The zero-order valence-corrected chi connectivity index (χ0v) is 11.9. The molecular formula is C14H19N3O3. The molecule has 0 aliphatic heterocycles. The van der Waals surface area contributed by atoms with Gasteiger partial charge in [0.1, 0.15) is 0 Å². The Kier molecular flexibility index (Phi) is 5.83. The van der Waals surface area contributed by atoms with Crippen LogP contribution in [0.15, 0.2) is 29.4 Å². The summed E-state index contributed by atoms with van der Waals surface area (Å²) in [7, 11) is 0. The first-order chi connectivity index (χ1) is 9.40. The predicted molar refractivity (Wildman–Crippen MR) is 77.7 cm³/mol. The Labute approximate surface area is 118 Å². The van der Waals surface area contributed by atoms with E-state index >= 15 is 0 Å². The molecule has 108 valence electrons. The first-order valence-electron chi connectivity index (χ1n) is 6.48. The minimum atomic E-state index is -0.534. The van der Waals surface area contributed by atoms with Crippen LogP contribution >= 0.6 is 0 Å². The van der Waals surface area contributed by atoms with Gasteiger partial charge in [-0.05, 0) is 31.7 Å². The zero-order chi connectivity index (χ0) is 15.1. The van der Waals surface area contributed by atoms with E-state index < -0.39 is 10.8 Å². The summed E-state index contributed by atoms with van der Waals surface area (Å²) in [5.74, 6) is 0.130. The van der Waals surface area contributed by atoms with Crippen molar-refractivity contribution in [3.05, 3.63) is 39.9 Å². The summed E-state index contributed by atoms with van der Waals surface area (Å²) in [6.45, 7) is 6.08. The summed E-state index contributed by atoms with van der Waals surface area (Å²) in [6, 6.07) is 5.56. The summed E-state index contributed by atoms with van der Waals surface area (Å²) >= 11 is 0. The fourth-order valence-corrected chi connectivity index (χ4v) is 1.52. The normalized spacial score (nSPS) is 11.5. The number of nitrogens with one attached hydrogen (secondary N) is 1. The summed E-state index contributed by atoms with van der Waals surface area (Å²) in [5, 5.41) is 14.6. The number of nitrogens with zero attached hydrogens (tertiary/aromatic N) is 2. The Bertz CT molecular complexity index is 524. The van der Waals surface area contributed by atoms with Crippen LogP contribution in [0.5, 0.6) is 0 Å². The molecule has 0 fully saturated rings. The van der Waals surface area contributed by atoms with Crippen molar-refractivity contribution in [2.45, 2.75) is 33.6 Å². The second-order valence-electron chi connectivity index (χ2n) is 5.03. The maximum absolute atomic E-state index is 11.8. The molecule has 0 spiro atoms. The Morgan fingerprint density at radius 2 is 2.15 bits per heavy atom. The van der Waals surface area contributed by atoms with E-state index in [-0.39, 0.29) is 11.3 Å². The number of carbonyl (C=O) groups excluding carboxylic acids is 1. The van der Waals surface area contributed by atoms with Crippen LogP contribution in [0.4, 0.5) is 5.69 Å². The Hall–Kier alpha value is -2.24. The topological polar surface area (TPSA) is 84.6 Å². The highest BCUT2D eigenvalue weighted by atomic mass is 16.6. The molecule has 0 saturated carbocycles. The molecule has 0 aliphatic carbocycles. The van der Waals surface area contributed by atoms with Crippen molar-refractivity contribution in [3.8, 4) is 0 Å². The van der Waals surface area contributed by atoms with Gasteiger partial charge in [-0.25, -0.2) is 5.43 Å². The number of hydrazone groups is 1. The average molecular weight is 277 g/mol. The standard InChI is InChI=1S/C14H19N3O3/c1-10(2)7-8-11(3)15-16-14(18)12-5-4-6-13(9-12)17(19)20/h4-6,9-10H,7-8H2,1-3H3,(H,16,18). The molecule has 1 aromatic carbocycles. The Balaban J connectivity index is 2.65.